The molecule has 0 atom stereocenters. The molecule has 5 aromatic rings. The number of aromatic nitrogens is 1. The van der Waals surface area contributed by atoms with Gasteiger partial charge in [0.2, 0.25) is 0 Å². The van der Waals surface area contributed by atoms with Crippen LogP contribution in [0.5, 0.6) is 0 Å². The van der Waals surface area contributed by atoms with E-state index in [2.05, 4.69) is 15.7 Å². The fourth-order valence-electron chi connectivity index (χ4n) is 4.93. The molecule has 0 saturated heterocycles. The average molecular weight is 525 g/mol. The Morgan fingerprint density at radius 2 is 1.32 bits per heavy atom. The summed E-state index contributed by atoms with van der Waals surface area (Å²) in [5.41, 5.74) is 7.10. The van der Waals surface area contributed by atoms with Crippen molar-refractivity contribution in [2.24, 2.45) is 5.10 Å². The van der Waals surface area contributed by atoms with Crippen LogP contribution in [0.3, 0.4) is 0 Å². The van der Waals surface area contributed by atoms with Gasteiger partial charge in [-0.2, -0.15) is 10.1 Å². The number of hydrogen-bond acceptors (Lipinski definition) is 4. The summed E-state index contributed by atoms with van der Waals surface area (Å²) in [6.07, 6.45) is 1.89. The zero-order chi connectivity index (χ0) is 27.6. The Bertz CT molecular complexity index is 1770. The van der Waals surface area contributed by atoms with Gasteiger partial charge in [0, 0.05) is 23.4 Å². The number of non-ortho nitro benzene ring substituents is 1. The van der Waals surface area contributed by atoms with Crippen LogP contribution < -0.4 is 5.01 Å². The lowest BCUT2D eigenvalue weighted by Crippen LogP contribution is -2.21. The molecule has 7 heteroatoms. The zero-order valence-corrected chi connectivity index (χ0v) is 21.6. The minimum Gasteiger partial charge on any atom is -0.309 e. The number of anilines is 1. The number of nitrogens with zero attached hydrogens (tertiary/aromatic N) is 4. The van der Waals surface area contributed by atoms with Gasteiger partial charge in [-0.1, -0.05) is 78.9 Å². The number of nitro benzene ring substituents is 1. The van der Waals surface area contributed by atoms with Crippen molar-refractivity contribution in [2.45, 2.75) is 6.92 Å². The second kappa shape index (κ2) is 10.3. The Morgan fingerprint density at radius 1 is 0.750 bits per heavy atom. The van der Waals surface area contributed by atoms with Crippen LogP contribution in [0.25, 0.3) is 34.3 Å². The van der Waals surface area contributed by atoms with Crippen molar-refractivity contribution in [3.05, 3.63) is 143 Å². The van der Waals surface area contributed by atoms with E-state index in [4.69, 9.17) is 0 Å². The quantitative estimate of drug-likeness (QED) is 0.131. The van der Waals surface area contributed by atoms with E-state index >= 15 is 0 Å². The molecule has 7 nitrogen and oxygen atoms in total. The summed E-state index contributed by atoms with van der Waals surface area (Å²) >= 11 is 0. The summed E-state index contributed by atoms with van der Waals surface area (Å²) in [5, 5.41) is 17.3. The first-order valence-corrected chi connectivity index (χ1v) is 12.8. The van der Waals surface area contributed by atoms with Gasteiger partial charge in [-0.25, -0.2) is 0 Å². The van der Waals surface area contributed by atoms with Crippen LogP contribution in [0.15, 0.2) is 132 Å². The fourth-order valence-corrected chi connectivity index (χ4v) is 4.93. The molecule has 0 unspecified atom stereocenters. The molecule has 0 saturated carbocycles. The molecular weight excluding hydrogens is 500 g/mol. The van der Waals surface area contributed by atoms with E-state index in [9.17, 15) is 14.9 Å². The highest BCUT2D eigenvalue weighted by molar-refractivity contribution is 6.32. The molecule has 0 spiro atoms. The van der Waals surface area contributed by atoms with Gasteiger partial charge in [-0.05, 0) is 54.5 Å². The fraction of sp³-hybridized carbons (Fsp3) is 0.0303. The Kier molecular flexibility index (Phi) is 6.38. The lowest BCUT2D eigenvalue weighted by atomic mass is 10.0. The second-order valence-corrected chi connectivity index (χ2v) is 9.37. The Labute approximate surface area is 231 Å². The highest BCUT2D eigenvalue weighted by Gasteiger charge is 2.30. The molecule has 6 rings (SSSR count). The zero-order valence-electron chi connectivity index (χ0n) is 21.6. The van der Waals surface area contributed by atoms with Crippen molar-refractivity contribution >= 4 is 29.1 Å². The van der Waals surface area contributed by atoms with Gasteiger partial charge in [-0.15, -0.1) is 0 Å². The molecule has 0 bridgehead atoms. The molecule has 1 amide bonds. The summed E-state index contributed by atoms with van der Waals surface area (Å²) in [6.45, 7) is 1.83. The van der Waals surface area contributed by atoms with Crippen molar-refractivity contribution in [1.82, 2.24) is 4.57 Å². The normalized spacial score (nSPS) is 14.0. The first kappa shape index (κ1) is 24.8. The van der Waals surface area contributed by atoms with Crippen LogP contribution in [-0.4, -0.2) is 21.1 Å². The molecule has 194 valence electrons. The summed E-state index contributed by atoms with van der Waals surface area (Å²) in [6, 6.07) is 37.8. The van der Waals surface area contributed by atoms with Gasteiger partial charge in [0.05, 0.1) is 33.3 Å². The van der Waals surface area contributed by atoms with E-state index in [1.54, 1.807) is 12.1 Å². The summed E-state index contributed by atoms with van der Waals surface area (Å²) < 4.78 is 2.08. The van der Waals surface area contributed by atoms with Crippen LogP contribution in [0, 0.1) is 10.1 Å². The highest BCUT2D eigenvalue weighted by atomic mass is 16.6. The molecule has 1 aromatic heterocycles. The van der Waals surface area contributed by atoms with Crippen molar-refractivity contribution < 1.29 is 9.72 Å². The van der Waals surface area contributed by atoms with Gasteiger partial charge >= 0.3 is 0 Å². The van der Waals surface area contributed by atoms with E-state index in [-0.39, 0.29) is 11.6 Å². The largest absolute Gasteiger partial charge is 0.309 e. The lowest BCUT2D eigenvalue weighted by molar-refractivity contribution is -0.384. The van der Waals surface area contributed by atoms with Crippen LogP contribution in [-0.2, 0) is 4.79 Å². The first-order valence-electron chi connectivity index (χ1n) is 12.8. The number of benzene rings is 4. The maximum atomic E-state index is 13.6. The van der Waals surface area contributed by atoms with Crippen molar-refractivity contribution in [1.29, 1.82) is 0 Å². The number of carbonyl (C=O) groups excluding carboxylic acids is 1. The molecule has 1 aliphatic rings. The van der Waals surface area contributed by atoms with Crippen molar-refractivity contribution in [3.63, 3.8) is 0 Å². The van der Waals surface area contributed by atoms with Crippen LogP contribution in [0.1, 0.15) is 12.5 Å². The standard InChI is InChI=1S/C33H24N4O3/c1-23-30(33(38)36(34-23)28-15-9-4-10-16-28)21-26-22-31(24-11-5-2-6-12-24)35(32(26)25-13-7-3-8-14-25)27-17-19-29(20-18-27)37(39)40/h2-22H,1H3. The number of amides is 1. The number of hydrazone groups is 1. The number of nitro groups is 1. The van der Waals surface area contributed by atoms with Crippen LogP contribution in [0.2, 0.25) is 0 Å². The third kappa shape index (κ3) is 4.50. The lowest BCUT2D eigenvalue weighted by Gasteiger charge is -2.15. The topological polar surface area (TPSA) is 80.7 Å². The predicted octanol–water partition coefficient (Wildman–Crippen LogP) is 7.53. The number of carbonyl (C=O) groups is 1. The molecular formula is C33H24N4O3. The molecule has 0 fully saturated rings. The number of para-hydroxylation sites is 1. The van der Waals surface area contributed by atoms with Gasteiger partial charge in [-0.3, -0.25) is 14.9 Å². The van der Waals surface area contributed by atoms with E-state index in [0.717, 1.165) is 33.8 Å². The molecule has 0 aliphatic carbocycles. The smallest absolute Gasteiger partial charge is 0.280 e. The maximum absolute atomic E-state index is 13.6. The Balaban J connectivity index is 1.58. The SMILES string of the molecule is CC1=NN(c2ccccc2)C(=O)C1=Cc1cc(-c2ccccc2)n(-c2ccc([N+](=O)[O-])cc2)c1-c1ccccc1. The van der Waals surface area contributed by atoms with E-state index in [1.165, 1.54) is 17.1 Å². The monoisotopic (exact) mass is 524 g/mol. The van der Waals surface area contributed by atoms with Gasteiger partial charge in [0.1, 0.15) is 0 Å². The number of rotatable bonds is 6. The van der Waals surface area contributed by atoms with Crippen LogP contribution in [0.4, 0.5) is 11.4 Å². The highest BCUT2D eigenvalue weighted by Crippen LogP contribution is 2.38. The summed E-state index contributed by atoms with van der Waals surface area (Å²) in [5.74, 6) is -0.202. The molecule has 0 N–H and O–H groups in total. The minimum atomic E-state index is -0.405. The van der Waals surface area contributed by atoms with E-state index in [1.807, 2.05) is 104 Å². The number of hydrogen-bond donors (Lipinski definition) is 0. The molecule has 4 aromatic carbocycles. The molecule has 0 radical (unpaired) electrons. The molecule has 2 heterocycles. The van der Waals surface area contributed by atoms with Gasteiger partial charge in [0.25, 0.3) is 11.6 Å². The van der Waals surface area contributed by atoms with Crippen LogP contribution >= 0.6 is 0 Å². The third-order valence-corrected chi connectivity index (χ3v) is 6.83. The van der Waals surface area contributed by atoms with E-state index in [0.29, 0.717) is 17.0 Å². The summed E-state index contributed by atoms with van der Waals surface area (Å²) in [4.78, 5) is 24.5. The van der Waals surface area contributed by atoms with Gasteiger partial charge < -0.3 is 4.57 Å². The van der Waals surface area contributed by atoms with Crippen molar-refractivity contribution in [2.75, 3.05) is 5.01 Å². The third-order valence-electron chi connectivity index (χ3n) is 6.83. The summed E-state index contributed by atoms with van der Waals surface area (Å²) in [7, 11) is 0. The second-order valence-electron chi connectivity index (χ2n) is 9.37. The van der Waals surface area contributed by atoms with Gasteiger partial charge in [0.15, 0.2) is 0 Å². The van der Waals surface area contributed by atoms with E-state index < -0.39 is 4.92 Å². The predicted molar refractivity (Wildman–Crippen MR) is 158 cm³/mol. The van der Waals surface area contributed by atoms with Crippen molar-refractivity contribution in [3.8, 4) is 28.2 Å². The average Bonchev–Trinajstić information content (AvgIpc) is 3.51. The molecule has 1 aliphatic heterocycles. The Hall–Kier alpha value is -5.56. The minimum absolute atomic E-state index is 0.0187. The molecule has 40 heavy (non-hydrogen) atoms. The first-order chi connectivity index (χ1) is 19.5. The Morgan fingerprint density at radius 3 is 1.93 bits per heavy atom. The maximum Gasteiger partial charge on any atom is 0.280 e.